The van der Waals surface area contributed by atoms with Crippen molar-refractivity contribution in [2.75, 3.05) is 0 Å². The lowest BCUT2D eigenvalue weighted by Gasteiger charge is -1.96. The van der Waals surface area contributed by atoms with Crippen molar-refractivity contribution in [2.24, 2.45) is 0 Å². The summed E-state index contributed by atoms with van der Waals surface area (Å²) in [6, 6.07) is 12.2. The average molecular weight is 300 g/mol. The van der Waals surface area contributed by atoms with Gasteiger partial charge in [-0.1, -0.05) is 35.9 Å². The van der Waals surface area contributed by atoms with Gasteiger partial charge in [-0.2, -0.15) is 0 Å². The molecule has 2 aromatic carbocycles. The number of halogens is 1. The van der Waals surface area contributed by atoms with Crippen LogP contribution in [-0.4, -0.2) is 4.98 Å². The molecule has 20 heavy (non-hydrogen) atoms. The van der Waals surface area contributed by atoms with Gasteiger partial charge < -0.3 is 0 Å². The molecule has 0 aliphatic rings. The third-order valence-corrected chi connectivity index (χ3v) is 4.66. The predicted octanol–water partition coefficient (Wildman–Crippen LogP) is 5.74. The van der Waals surface area contributed by atoms with E-state index in [1.165, 1.54) is 15.8 Å². The smallest absolute Gasteiger partial charge is 0.117 e. The number of benzene rings is 2. The first-order valence-corrected chi connectivity index (χ1v) is 7.63. The van der Waals surface area contributed by atoms with Crippen LogP contribution in [-0.2, 0) is 0 Å². The zero-order valence-corrected chi connectivity index (χ0v) is 12.9. The second kappa shape index (κ2) is 5.39. The lowest BCUT2D eigenvalue weighted by atomic mass is 10.1. The molecule has 0 unspecified atom stereocenters. The average Bonchev–Trinajstić information content (AvgIpc) is 2.80. The first-order valence-electron chi connectivity index (χ1n) is 6.44. The van der Waals surface area contributed by atoms with Crippen molar-refractivity contribution in [3.05, 3.63) is 63.1 Å². The molecule has 3 aromatic rings. The molecular formula is C17H14ClNS. The maximum absolute atomic E-state index is 6.14. The second-order valence-corrected chi connectivity index (χ2v) is 6.28. The van der Waals surface area contributed by atoms with E-state index < -0.39 is 0 Å². The van der Waals surface area contributed by atoms with Crippen LogP contribution >= 0.6 is 22.9 Å². The summed E-state index contributed by atoms with van der Waals surface area (Å²) < 4.78 is 1.23. The van der Waals surface area contributed by atoms with E-state index in [9.17, 15) is 0 Å². The van der Waals surface area contributed by atoms with Gasteiger partial charge in [-0.15, -0.1) is 11.3 Å². The van der Waals surface area contributed by atoms with Gasteiger partial charge in [-0.3, -0.25) is 0 Å². The summed E-state index contributed by atoms with van der Waals surface area (Å²) in [5, 5.41) is 1.77. The zero-order valence-electron chi connectivity index (χ0n) is 11.4. The number of hydrogen-bond acceptors (Lipinski definition) is 2. The Morgan fingerprint density at radius 2 is 1.80 bits per heavy atom. The minimum absolute atomic E-state index is 0.761. The summed E-state index contributed by atoms with van der Waals surface area (Å²) in [5.74, 6) is 0. The van der Waals surface area contributed by atoms with Crippen LogP contribution in [0, 0.1) is 13.8 Å². The van der Waals surface area contributed by atoms with E-state index in [4.69, 9.17) is 11.6 Å². The van der Waals surface area contributed by atoms with Crippen LogP contribution in [0.5, 0.6) is 0 Å². The summed E-state index contributed by atoms with van der Waals surface area (Å²) in [6.07, 6.45) is 4.04. The summed E-state index contributed by atoms with van der Waals surface area (Å²) in [4.78, 5) is 4.65. The molecule has 0 aliphatic carbocycles. The van der Waals surface area contributed by atoms with E-state index >= 15 is 0 Å². The third kappa shape index (κ3) is 2.62. The van der Waals surface area contributed by atoms with Crippen LogP contribution in [0.1, 0.15) is 21.7 Å². The molecule has 1 nitrogen and oxygen atoms in total. The van der Waals surface area contributed by atoms with Crippen molar-refractivity contribution >= 4 is 45.3 Å². The number of hydrogen-bond donors (Lipinski definition) is 0. The van der Waals surface area contributed by atoms with Crippen LogP contribution in [0.3, 0.4) is 0 Å². The van der Waals surface area contributed by atoms with E-state index in [2.05, 4.69) is 31.0 Å². The highest BCUT2D eigenvalue weighted by atomic mass is 35.5. The molecule has 0 amide bonds. The fourth-order valence-electron chi connectivity index (χ4n) is 2.04. The Balaban J connectivity index is 1.97. The van der Waals surface area contributed by atoms with Crippen molar-refractivity contribution in [2.45, 2.75) is 13.8 Å². The number of fused-ring (bicyclic) bond motifs is 1. The molecule has 0 atom stereocenters. The summed E-state index contributed by atoms with van der Waals surface area (Å²) in [6.45, 7) is 4.25. The number of rotatable bonds is 2. The molecule has 3 heteroatoms. The summed E-state index contributed by atoms with van der Waals surface area (Å²) >= 11 is 7.85. The van der Waals surface area contributed by atoms with Gasteiger partial charge in [0.2, 0.25) is 0 Å². The van der Waals surface area contributed by atoms with E-state index in [-0.39, 0.29) is 0 Å². The monoisotopic (exact) mass is 299 g/mol. The fraction of sp³-hybridized carbons (Fsp3) is 0.118. The van der Waals surface area contributed by atoms with E-state index in [1.807, 2.05) is 36.4 Å². The maximum atomic E-state index is 6.14. The first-order chi connectivity index (χ1) is 9.63. The van der Waals surface area contributed by atoms with Crippen LogP contribution in [0.4, 0.5) is 0 Å². The molecule has 0 saturated heterocycles. The van der Waals surface area contributed by atoms with Crippen LogP contribution in [0.15, 0.2) is 36.4 Å². The fourth-order valence-corrected chi connectivity index (χ4v) is 3.19. The van der Waals surface area contributed by atoms with Gasteiger partial charge >= 0.3 is 0 Å². The summed E-state index contributed by atoms with van der Waals surface area (Å²) in [5.41, 5.74) is 4.67. The van der Waals surface area contributed by atoms with E-state index in [0.29, 0.717) is 0 Å². The Hall–Kier alpha value is -1.64. The van der Waals surface area contributed by atoms with Gasteiger partial charge in [-0.05, 0) is 54.8 Å². The standard InChI is InChI=1S/C17H14ClNS/c1-11-9-15-16(10-12(11)2)20-17(19-15)8-7-13-5-3-4-6-14(13)18/h3-10H,1-2H3. The Morgan fingerprint density at radius 1 is 1.05 bits per heavy atom. The van der Waals surface area contributed by atoms with Crippen molar-refractivity contribution in [3.8, 4) is 0 Å². The normalized spacial score (nSPS) is 11.6. The third-order valence-electron chi connectivity index (χ3n) is 3.33. The molecule has 1 aromatic heterocycles. The molecule has 100 valence electrons. The first kappa shape index (κ1) is 13.3. The van der Waals surface area contributed by atoms with Crippen molar-refractivity contribution < 1.29 is 0 Å². The van der Waals surface area contributed by atoms with Crippen LogP contribution < -0.4 is 0 Å². The molecule has 0 N–H and O–H groups in total. The lowest BCUT2D eigenvalue weighted by molar-refractivity contribution is 1.35. The summed E-state index contributed by atoms with van der Waals surface area (Å²) in [7, 11) is 0. The lowest BCUT2D eigenvalue weighted by Crippen LogP contribution is -1.79. The molecule has 0 radical (unpaired) electrons. The number of thiazole rings is 1. The quantitative estimate of drug-likeness (QED) is 0.588. The van der Waals surface area contributed by atoms with Gasteiger partial charge in [0.15, 0.2) is 0 Å². The Kier molecular flexibility index (Phi) is 3.60. The predicted molar refractivity (Wildman–Crippen MR) is 89.5 cm³/mol. The van der Waals surface area contributed by atoms with Crippen LogP contribution in [0.25, 0.3) is 22.4 Å². The molecule has 1 heterocycles. The molecule has 0 saturated carbocycles. The molecule has 0 fully saturated rings. The SMILES string of the molecule is Cc1cc2nc(C=Cc3ccccc3Cl)sc2cc1C. The maximum Gasteiger partial charge on any atom is 0.117 e. The van der Waals surface area contributed by atoms with Gasteiger partial charge in [0, 0.05) is 5.02 Å². The number of aryl methyl sites for hydroxylation is 2. The molecule has 0 bridgehead atoms. The minimum atomic E-state index is 0.761. The van der Waals surface area contributed by atoms with Gasteiger partial charge in [0.25, 0.3) is 0 Å². The number of aromatic nitrogens is 1. The van der Waals surface area contributed by atoms with E-state index in [1.54, 1.807) is 11.3 Å². The highest BCUT2D eigenvalue weighted by molar-refractivity contribution is 7.19. The van der Waals surface area contributed by atoms with E-state index in [0.717, 1.165) is 21.1 Å². The Labute approximate surface area is 127 Å². The number of nitrogens with zero attached hydrogens (tertiary/aromatic N) is 1. The Bertz CT molecular complexity index is 763. The van der Waals surface area contributed by atoms with Crippen molar-refractivity contribution in [3.63, 3.8) is 0 Å². The molecule has 0 aliphatic heterocycles. The highest BCUT2D eigenvalue weighted by Crippen LogP contribution is 2.27. The molecular weight excluding hydrogens is 286 g/mol. The topological polar surface area (TPSA) is 12.9 Å². The molecule has 0 spiro atoms. The van der Waals surface area contributed by atoms with Gasteiger partial charge in [0.05, 0.1) is 10.2 Å². The van der Waals surface area contributed by atoms with Crippen molar-refractivity contribution in [1.29, 1.82) is 0 Å². The Morgan fingerprint density at radius 3 is 2.60 bits per heavy atom. The van der Waals surface area contributed by atoms with Gasteiger partial charge in [-0.25, -0.2) is 4.98 Å². The van der Waals surface area contributed by atoms with Crippen LogP contribution in [0.2, 0.25) is 5.02 Å². The van der Waals surface area contributed by atoms with Gasteiger partial charge in [0.1, 0.15) is 5.01 Å². The largest absolute Gasteiger partial charge is 0.237 e. The van der Waals surface area contributed by atoms with Crippen molar-refractivity contribution in [1.82, 2.24) is 4.98 Å². The minimum Gasteiger partial charge on any atom is -0.237 e. The molecule has 3 rings (SSSR count). The second-order valence-electron chi connectivity index (χ2n) is 4.81. The zero-order chi connectivity index (χ0) is 14.1. The highest BCUT2D eigenvalue weighted by Gasteiger charge is 2.04.